The van der Waals surface area contributed by atoms with E-state index in [1.165, 1.54) is 5.56 Å². The number of rotatable bonds is 5. The van der Waals surface area contributed by atoms with Gasteiger partial charge in [0, 0.05) is 25.5 Å². The van der Waals surface area contributed by atoms with Crippen molar-refractivity contribution in [3.05, 3.63) is 29.8 Å². The molecule has 2 rings (SSSR count). The molecule has 1 unspecified atom stereocenters. The highest BCUT2D eigenvalue weighted by molar-refractivity contribution is 5.78. The van der Waals surface area contributed by atoms with E-state index in [1.807, 2.05) is 31.2 Å². The van der Waals surface area contributed by atoms with E-state index >= 15 is 0 Å². The molecule has 4 heteroatoms. The van der Waals surface area contributed by atoms with E-state index in [9.17, 15) is 4.79 Å². The van der Waals surface area contributed by atoms with Gasteiger partial charge in [0.1, 0.15) is 12.4 Å². The molecule has 1 N–H and O–H groups in total. The zero-order chi connectivity index (χ0) is 13.0. The number of carbonyl (C=O) groups excluding carboxylic acids is 1. The van der Waals surface area contributed by atoms with Gasteiger partial charge in [-0.1, -0.05) is 17.7 Å². The molecule has 18 heavy (non-hydrogen) atoms. The van der Waals surface area contributed by atoms with E-state index in [1.54, 1.807) is 4.90 Å². The van der Waals surface area contributed by atoms with Gasteiger partial charge in [-0.3, -0.25) is 4.79 Å². The summed E-state index contributed by atoms with van der Waals surface area (Å²) in [5.41, 5.74) is 1.20. The molecule has 4 nitrogen and oxygen atoms in total. The Morgan fingerprint density at radius 1 is 1.39 bits per heavy atom. The lowest BCUT2D eigenvalue weighted by atomic mass is 10.1. The summed E-state index contributed by atoms with van der Waals surface area (Å²) in [5, 5.41) is 9.02. The second kappa shape index (κ2) is 5.87. The molecule has 0 radical (unpaired) electrons. The lowest BCUT2D eigenvalue weighted by Gasteiger charge is -2.16. The Hall–Kier alpha value is -1.55. The Balaban J connectivity index is 1.75. The molecule has 0 aromatic heterocycles. The average molecular weight is 249 g/mol. The fourth-order valence-electron chi connectivity index (χ4n) is 2.10. The molecule has 0 bridgehead atoms. The van der Waals surface area contributed by atoms with Crippen LogP contribution in [-0.4, -0.2) is 42.2 Å². The van der Waals surface area contributed by atoms with Gasteiger partial charge in [0.05, 0.1) is 6.54 Å². The lowest BCUT2D eigenvalue weighted by molar-refractivity contribution is -0.128. The van der Waals surface area contributed by atoms with Crippen LogP contribution >= 0.6 is 0 Å². The van der Waals surface area contributed by atoms with Crippen LogP contribution < -0.4 is 4.74 Å². The van der Waals surface area contributed by atoms with E-state index in [2.05, 4.69) is 0 Å². The van der Waals surface area contributed by atoms with Crippen LogP contribution in [0.1, 0.15) is 12.0 Å². The number of ether oxygens (including phenoxy) is 1. The van der Waals surface area contributed by atoms with E-state index in [0.29, 0.717) is 26.1 Å². The topological polar surface area (TPSA) is 49.8 Å². The van der Waals surface area contributed by atoms with Crippen LogP contribution in [0.5, 0.6) is 5.75 Å². The summed E-state index contributed by atoms with van der Waals surface area (Å²) < 4.78 is 5.58. The van der Waals surface area contributed by atoms with E-state index in [4.69, 9.17) is 9.84 Å². The zero-order valence-corrected chi connectivity index (χ0v) is 10.6. The van der Waals surface area contributed by atoms with Crippen molar-refractivity contribution in [2.45, 2.75) is 13.3 Å². The van der Waals surface area contributed by atoms with E-state index in [0.717, 1.165) is 5.75 Å². The molecule has 1 aliphatic heterocycles. The van der Waals surface area contributed by atoms with Crippen LogP contribution in [0, 0.1) is 12.8 Å². The number of nitrogens with zero attached hydrogens (tertiary/aromatic N) is 1. The Morgan fingerprint density at radius 3 is 2.72 bits per heavy atom. The highest BCUT2D eigenvalue weighted by atomic mass is 16.5. The summed E-state index contributed by atoms with van der Waals surface area (Å²) in [7, 11) is 0. The number of carbonyl (C=O) groups is 1. The molecule has 0 saturated carbocycles. The summed E-state index contributed by atoms with van der Waals surface area (Å²) >= 11 is 0. The maximum Gasteiger partial charge on any atom is 0.223 e. The Labute approximate surface area is 107 Å². The lowest BCUT2D eigenvalue weighted by Crippen LogP contribution is -2.30. The van der Waals surface area contributed by atoms with Crippen LogP contribution in [0.2, 0.25) is 0 Å². The van der Waals surface area contributed by atoms with E-state index < -0.39 is 0 Å². The summed E-state index contributed by atoms with van der Waals surface area (Å²) in [6, 6.07) is 7.85. The van der Waals surface area contributed by atoms with Gasteiger partial charge in [0.25, 0.3) is 0 Å². The van der Waals surface area contributed by atoms with Crippen molar-refractivity contribution in [3.63, 3.8) is 0 Å². The second-order valence-electron chi connectivity index (χ2n) is 4.75. The molecule has 0 spiro atoms. The normalized spacial score (nSPS) is 19.3. The van der Waals surface area contributed by atoms with Crippen LogP contribution in [0.4, 0.5) is 0 Å². The first kappa shape index (κ1) is 12.9. The van der Waals surface area contributed by atoms with Gasteiger partial charge < -0.3 is 14.7 Å². The molecule has 1 fully saturated rings. The third-order valence-corrected chi connectivity index (χ3v) is 3.20. The molecule has 1 heterocycles. The minimum absolute atomic E-state index is 0.0844. The van der Waals surface area contributed by atoms with Crippen LogP contribution in [0.15, 0.2) is 24.3 Å². The number of benzene rings is 1. The number of hydrogen-bond donors (Lipinski definition) is 1. The first-order valence-corrected chi connectivity index (χ1v) is 6.27. The molecule has 98 valence electrons. The molecule has 1 atom stereocenters. The zero-order valence-electron chi connectivity index (χ0n) is 10.6. The molecule has 1 amide bonds. The van der Waals surface area contributed by atoms with Crippen molar-refractivity contribution < 1.29 is 14.6 Å². The maximum absolute atomic E-state index is 11.6. The van der Waals surface area contributed by atoms with Crippen molar-refractivity contribution in [2.75, 3.05) is 26.3 Å². The molecule has 1 aliphatic rings. The van der Waals surface area contributed by atoms with Crippen molar-refractivity contribution in [1.82, 2.24) is 4.90 Å². The van der Waals surface area contributed by atoms with Crippen LogP contribution in [-0.2, 0) is 4.79 Å². The molecular weight excluding hydrogens is 230 g/mol. The fourth-order valence-corrected chi connectivity index (χ4v) is 2.10. The Kier molecular flexibility index (Phi) is 4.20. The quantitative estimate of drug-likeness (QED) is 0.853. The Morgan fingerprint density at radius 2 is 2.11 bits per heavy atom. The summed E-state index contributed by atoms with van der Waals surface area (Å²) in [6.07, 6.45) is 0.459. The number of amides is 1. The minimum Gasteiger partial charge on any atom is -0.492 e. The maximum atomic E-state index is 11.6. The van der Waals surface area contributed by atoms with Gasteiger partial charge >= 0.3 is 0 Å². The van der Waals surface area contributed by atoms with Crippen molar-refractivity contribution >= 4 is 5.91 Å². The number of aliphatic hydroxyl groups is 1. The molecule has 0 aliphatic carbocycles. The van der Waals surface area contributed by atoms with Crippen molar-refractivity contribution in [3.8, 4) is 5.75 Å². The smallest absolute Gasteiger partial charge is 0.223 e. The van der Waals surface area contributed by atoms with Crippen LogP contribution in [0.25, 0.3) is 0 Å². The Bertz CT molecular complexity index is 402. The minimum atomic E-state index is 0.0844. The largest absolute Gasteiger partial charge is 0.492 e. The average Bonchev–Trinajstić information content (AvgIpc) is 2.73. The molecule has 1 aromatic rings. The van der Waals surface area contributed by atoms with Gasteiger partial charge in [0.2, 0.25) is 5.91 Å². The second-order valence-corrected chi connectivity index (χ2v) is 4.75. The number of aliphatic hydroxyl groups excluding tert-OH is 1. The van der Waals surface area contributed by atoms with Gasteiger partial charge in [-0.05, 0) is 19.1 Å². The third-order valence-electron chi connectivity index (χ3n) is 3.20. The highest BCUT2D eigenvalue weighted by Gasteiger charge is 2.28. The van der Waals surface area contributed by atoms with Gasteiger partial charge in [-0.2, -0.15) is 0 Å². The number of aryl methyl sites for hydroxylation is 1. The predicted octanol–water partition coefficient (Wildman–Crippen LogP) is 1.21. The van der Waals surface area contributed by atoms with Crippen molar-refractivity contribution in [2.24, 2.45) is 5.92 Å². The van der Waals surface area contributed by atoms with E-state index in [-0.39, 0.29) is 18.4 Å². The first-order valence-electron chi connectivity index (χ1n) is 6.27. The number of likely N-dealkylation sites (tertiary alicyclic amines) is 1. The highest BCUT2D eigenvalue weighted by Crippen LogP contribution is 2.17. The monoisotopic (exact) mass is 249 g/mol. The predicted molar refractivity (Wildman–Crippen MR) is 68.4 cm³/mol. The van der Waals surface area contributed by atoms with Crippen molar-refractivity contribution in [1.29, 1.82) is 0 Å². The third kappa shape index (κ3) is 3.23. The molecule has 1 aromatic carbocycles. The summed E-state index contributed by atoms with van der Waals surface area (Å²) in [4.78, 5) is 13.3. The van der Waals surface area contributed by atoms with Crippen LogP contribution in [0.3, 0.4) is 0 Å². The first-order chi connectivity index (χ1) is 8.69. The fraction of sp³-hybridized carbons (Fsp3) is 0.500. The molecular formula is C14H19NO3. The van der Waals surface area contributed by atoms with Gasteiger partial charge in [-0.25, -0.2) is 0 Å². The van der Waals surface area contributed by atoms with Gasteiger partial charge in [-0.15, -0.1) is 0 Å². The SMILES string of the molecule is Cc1ccc(OCCN2CC(CO)CC2=O)cc1. The standard InChI is InChI=1S/C14H19NO3/c1-11-2-4-13(5-3-11)18-7-6-15-9-12(10-16)8-14(15)17/h2-5,12,16H,6-10H2,1H3. The summed E-state index contributed by atoms with van der Waals surface area (Å²) in [6.45, 7) is 3.84. The van der Waals surface area contributed by atoms with Gasteiger partial charge in [0.15, 0.2) is 0 Å². The molecule has 1 saturated heterocycles. The number of hydrogen-bond acceptors (Lipinski definition) is 3. The summed E-state index contributed by atoms with van der Waals surface area (Å²) in [5.74, 6) is 1.03.